The van der Waals surface area contributed by atoms with Gasteiger partial charge in [-0.05, 0) is 24.3 Å². The molecule has 0 saturated carbocycles. The third kappa shape index (κ3) is 8.30. The lowest BCUT2D eigenvalue weighted by atomic mass is 10.1. The molecule has 0 atom stereocenters. The number of nitro groups is 1. The van der Waals surface area contributed by atoms with Gasteiger partial charge in [-0.3, -0.25) is 10.1 Å². The monoisotopic (exact) mass is 520 g/mol. The van der Waals surface area contributed by atoms with Crippen LogP contribution in [0.4, 0.5) is 23.7 Å². The number of benzene rings is 2. The molecule has 0 spiro atoms. The van der Waals surface area contributed by atoms with Crippen molar-refractivity contribution in [1.82, 2.24) is 4.90 Å². The number of hydrogen-bond donors (Lipinski definition) is 0. The van der Waals surface area contributed by atoms with Crippen molar-refractivity contribution >= 4 is 29.4 Å². The summed E-state index contributed by atoms with van der Waals surface area (Å²) in [6, 6.07) is 5.55. The lowest BCUT2D eigenvalue weighted by molar-refractivity contribution is -0.385. The first kappa shape index (κ1) is 27.7. The Hall–Kier alpha value is -3.58. The summed E-state index contributed by atoms with van der Waals surface area (Å²) in [5, 5.41) is 10.9. The van der Waals surface area contributed by atoms with Gasteiger partial charge in [-0.1, -0.05) is 11.6 Å². The van der Waals surface area contributed by atoms with Crippen LogP contribution in [-0.2, 0) is 20.4 Å². The first-order valence-electron chi connectivity index (χ1n) is 9.82. The smallest absolute Gasteiger partial charge is 0.416 e. The highest BCUT2D eigenvalue weighted by atomic mass is 35.5. The molecule has 2 rings (SSSR count). The number of rotatable bonds is 10. The quantitative estimate of drug-likeness (QED) is 0.187. The summed E-state index contributed by atoms with van der Waals surface area (Å²) in [6.45, 7) is -0.319. The Morgan fingerprint density at radius 3 is 2.26 bits per heavy atom. The second-order valence-corrected chi connectivity index (χ2v) is 7.35. The van der Waals surface area contributed by atoms with Gasteiger partial charge in [-0.25, -0.2) is 9.59 Å². The van der Waals surface area contributed by atoms with Crippen molar-refractivity contribution in [2.45, 2.75) is 6.18 Å². The van der Waals surface area contributed by atoms with Crippen molar-refractivity contribution in [2.24, 2.45) is 0 Å². The van der Waals surface area contributed by atoms with E-state index in [1.807, 2.05) is 0 Å². The molecule has 2 aromatic rings. The van der Waals surface area contributed by atoms with Crippen LogP contribution in [0.25, 0.3) is 0 Å². The number of halogens is 4. The molecular weight excluding hydrogens is 501 g/mol. The Kier molecular flexibility index (Phi) is 9.66. The molecule has 0 fully saturated rings. The largest absolute Gasteiger partial charge is 0.459 e. The van der Waals surface area contributed by atoms with Gasteiger partial charge >= 0.3 is 18.2 Å². The maximum absolute atomic E-state index is 12.8. The van der Waals surface area contributed by atoms with Crippen molar-refractivity contribution < 1.29 is 46.6 Å². The Balaban J connectivity index is 2.01. The molecule has 1 amide bonds. The van der Waals surface area contributed by atoms with E-state index in [-0.39, 0.29) is 42.9 Å². The van der Waals surface area contributed by atoms with Gasteiger partial charge in [0.2, 0.25) is 0 Å². The van der Waals surface area contributed by atoms with Crippen molar-refractivity contribution in [1.29, 1.82) is 0 Å². The first-order chi connectivity index (χ1) is 16.4. The van der Waals surface area contributed by atoms with Crippen molar-refractivity contribution in [3.63, 3.8) is 0 Å². The number of amides is 1. The minimum Gasteiger partial charge on any atom is -0.459 e. The van der Waals surface area contributed by atoms with Crippen LogP contribution < -0.4 is 4.74 Å². The summed E-state index contributed by atoms with van der Waals surface area (Å²) in [5.41, 5.74) is -2.01. The van der Waals surface area contributed by atoms with E-state index in [4.69, 9.17) is 30.5 Å². The van der Waals surface area contributed by atoms with Gasteiger partial charge in [0.15, 0.2) is 0 Å². The fraction of sp³-hybridized carbons (Fsp3) is 0.333. The number of carbonyl (C=O) groups excluding carboxylic acids is 2. The van der Waals surface area contributed by atoms with Crippen LogP contribution in [0, 0.1) is 10.1 Å². The molecule has 2 aromatic carbocycles. The zero-order chi connectivity index (χ0) is 26.2. The molecule has 0 N–H and O–H groups in total. The Bertz CT molecular complexity index is 1080. The number of alkyl halides is 3. The van der Waals surface area contributed by atoms with Crippen LogP contribution in [0.3, 0.4) is 0 Å². The molecular formula is C21H20ClF3N2O8. The molecule has 0 aliphatic heterocycles. The van der Waals surface area contributed by atoms with E-state index >= 15 is 0 Å². The molecule has 14 heteroatoms. The molecule has 0 radical (unpaired) electrons. The molecule has 190 valence electrons. The van der Waals surface area contributed by atoms with E-state index in [1.54, 1.807) is 0 Å². The number of nitro benzene ring substituents is 1. The number of hydrogen-bond acceptors (Lipinski definition) is 8. The summed E-state index contributed by atoms with van der Waals surface area (Å²) < 4.78 is 58.8. The lowest BCUT2D eigenvalue weighted by Gasteiger charge is -2.12. The maximum Gasteiger partial charge on any atom is 0.416 e. The number of esters is 1. The minimum absolute atomic E-state index is 0.0255. The summed E-state index contributed by atoms with van der Waals surface area (Å²) in [6.07, 6.45) is -5.15. The van der Waals surface area contributed by atoms with Crippen LogP contribution in [0.1, 0.15) is 15.9 Å². The van der Waals surface area contributed by atoms with Crippen LogP contribution in [0.2, 0.25) is 5.02 Å². The van der Waals surface area contributed by atoms with E-state index in [0.29, 0.717) is 6.07 Å². The second-order valence-electron chi connectivity index (χ2n) is 6.94. The summed E-state index contributed by atoms with van der Waals surface area (Å²) in [7, 11) is 3.03. The minimum atomic E-state index is -4.60. The predicted octanol–water partition coefficient (Wildman–Crippen LogP) is 4.93. The van der Waals surface area contributed by atoms with Gasteiger partial charge in [0.25, 0.3) is 5.69 Å². The van der Waals surface area contributed by atoms with Crippen molar-refractivity contribution in [3.8, 4) is 11.5 Å². The molecule has 35 heavy (non-hydrogen) atoms. The van der Waals surface area contributed by atoms with Gasteiger partial charge in [-0.2, -0.15) is 13.2 Å². The third-order valence-corrected chi connectivity index (χ3v) is 4.45. The van der Waals surface area contributed by atoms with Gasteiger partial charge in [0.05, 0.1) is 28.7 Å². The topological polar surface area (TPSA) is 117 Å². The van der Waals surface area contributed by atoms with Crippen LogP contribution >= 0.6 is 11.6 Å². The van der Waals surface area contributed by atoms with Gasteiger partial charge in [0, 0.05) is 26.2 Å². The van der Waals surface area contributed by atoms with Crippen LogP contribution in [-0.4, -0.2) is 62.4 Å². The summed E-state index contributed by atoms with van der Waals surface area (Å²) in [5.74, 6) is -1.30. The van der Waals surface area contributed by atoms with E-state index in [9.17, 15) is 32.9 Å². The average Bonchev–Trinajstić information content (AvgIpc) is 2.78. The second kappa shape index (κ2) is 12.2. The SMILES string of the molecule is CN(C)C(=O)OCCOCCOC(=O)c1cc(Oc2ccc(C(F)(F)F)cc2Cl)ccc1[N+](=O)[O-]. The molecule has 0 bridgehead atoms. The first-order valence-corrected chi connectivity index (χ1v) is 10.2. The molecule has 10 nitrogen and oxygen atoms in total. The van der Waals surface area contributed by atoms with E-state index in [1.165, 1.54) is 19.0 Å². The predicted molar refractivity (Wildman–Crippen MR) is 116 cm³/mol. The van der Waals surface area contributed by atoms with E-state index in [0.717, 1.165) is 30.3 Å². The summed E-state index contributed by atoms with van der Waals surface area (Å²) >= 11 is 5.85. The Morgan fingerprint density at radius 2 is 1.69 bits per heavy atom. The molecule has 0 aliphatic carbocycles. The zero-order valence-corrected chi connectivity index (χ0v) is 19.2. The highest BCUT2D eigenvalue weighted by molar-refractivity contribution is 6.32. The fourth-order valence-electron chi connectivity index (χ4n) is 2.48. The zero-order valence-electron chi connectivity index (χ0n) is 18.5. The Morgan fingerprint density at radius 1 is 1.03 bits per heavy atom. The Labute approximate surface area is 202 Å². The molecule has 0 heterocycles. The number of carbonyl (C=O) groups is 2. The van der Waals surface area contributed by atoms with E-state index < -0.39 is 40.0 Å². The number of nitrogens with zero attached hydrogens (tertiary/aromatic N) is 2. The average molecular weight is 521 g/mol. The lowest BCUT2D eigenvalue weighted by Crippen LogP contribution is -2.24. The number of ether oxygens (including phenoxy) is 4. The normalized spacial score (nSPS) is 11.0. The fourth-order valence-corrected chi connectivity index (χ4v) is 2.70. The van der Waals surface area contributed by atoms with Crippen molar-refractivity contribution in [3.05, 3.63) is 62.7 Å². The van der Waals surface area contributed by atoms with E-state index in [2.05, 4.69) is 0 Å². The van der Waals surface area contributed by atoms with Crippen molar-refractivity contribution in [2.75, 3.05) is 40.5 Å². The van der Waals surface area contributed by atoms with Gasteiger partial charge < -0.3 is 23.8 Å². The summed E-state index contributed by atoms with van der Waals surface area (Å²) in [4.78, 5) is 35.3. The highest BCUT2D eigenvalue weighted by Gasteiger charge is 2.31. The molecule has 0 aliphatic rings. The van der Waals surface area contributed by atoms with Gasteiger partial charge in [0.1, 0.15) is 30.3 Å². The van der Waals surface area contributed by atoms with Crippen LogP contribution in [0.15, 0.2) is 36.4 Å². The van der Waals surface area contributed by atoms with Gasteiger partial charge in [-0.15, -0.1) is 0 Å². The third-order valence-electron chi connectivity index (χ3n) is 4.15. The standard InChI is InChI=1S/C21H20ClF3N2O8/c1-26(2)20(29)34-10-8-32-7-9-33-19(28)15-12-14(4-5-17(15)27(30)31)35-18-6-3-13(11-16(18)22)21(23,24)25/h3-6,11-12H,7-10H2,1-2H3. The maximum atomic E-state index is 12.8. The molecule has 0 unspecified atom stereocenters. The molecule has 0 aromatic heterocycles. The highest BCUT2D eigenvalue weighted by Crippen LogP contribution is 2.37. The van der Waals surface area contributed by atoms with Crippen LogP contribution in [0.5, 0.6) is 11.5 Å². The molecule has 0 saturated heterocycles.